The molecule has 0 aromatic heterocycles. The Kier molecular flexibility index (Phi) is 6.26. The zero-order valence-corrected chi connectivity index (χ0v) is 12.9. The van der Waals surface area contributed by atoms with Gasteiger partial charge in [0.1, 0.15) is 5.41 Å². The smallest absolute Gasteiger partial charge is 0.234 e. The van der Waals surface area contributed by atoms with Gasteiger partial charge in [0.05, 0.1) is 0 Å². The van der Waals surface area contributed by atoms with Crippen molar-refractivity contribution in [1.82, 2.24) is 10.2 Å². The van der Waals surface area contributed by atoms with E-state index in [1.807, 2.05) is 13.8 Å². The molecule has 0 spiro atoms. The molecular formula is C14H28N4O2. The number of hydrogen-bond donors (Lipinski definition) is 3. The summed E-state index contributed by atoms with van der Waals surface area (Å²) in [5.41, 5.74) is 4.86. The Balaban J connectivity index is 2.76. The molecule has 6 heteroatoms. The molecule has 1 atom stereocenters. The minimum Gasteiger partial charge on any atom is -0.409 e. The summed E-state index contributed by atoms with van der Waals surface area (Å²) >= 11 is 0. The number of carbonyl (C=O) groups excluding carboxylic acids is 1. The van der Waals surface area contributed by atoms with Gasteiger partial charge in [-0.2, -0.15) is 0 Å². The molecule has 0 saturated carbocycles. The summed E-state index contributed by atoms with van der Waals surface area (Å²) < 4.78 is 0. The highest BCUT2D eigenvalue weighted by atomic mass is 16.4. The summed E-state index contributed by atoms with van der Waals surface area (Å²) in [5, 5.41) is 15.1. The van der Waals surface area contributed by atoms with Gasteiger partial charge in [-0.3, -0.25) is 4.79 Å². The van der Waals surface area contributed by atoms with Crippen LogP contribution < -0.4 is 11.1 Å². The zero-order valence-electron chi connectivity index (χ0n) is 12.9. The van der Waals surface area contributed by atoms with Crippen LogP contribution in [0.15, 0.2) is 5.16 Å². The van der Waals surface area contributed by atoms with Crippen LogP contribution in [0.1, 0.15) is 46.5 Å². The SMILES string of the molecule is CCN1CCCC(NC(=O)C(CC)(CC)C(N)=NO)C1. The van der Waals surface area contributed by atoms with Gasteiger partial charge in [-0.25, -0.2) is 0 Å². The molecule has 1 rings (SSSR count). The third kappa shape index (κ3) is 3.42. The van der Waals surface area contributed by atoms with Gasteiger partial charge in [0.15, 0.2) is 5.84 Å². The fourth-order valence-electron chi connectivity index (χ4n) is 2.93. The molecule has 0 aromatic carbocycles. The molecule has 1 amide bonds. The fourth-order valence-corrected chi connectivity index (χ4v) is 2.93. The van der Waals surface area contributed by atoms with Crippen molar-refractivity contribution in [1.29, 1.82) is 0 Å². The van der Waals surface area contributed by atoms with Crippen molar-refractivity contribution >= 4 is 11.7 Å². The van der Waals surface area contributed by atoms with E-state index >= 15 is 0 Å². The Morgan fingerprint density at radius 3 is 2.60 bits per heavy atom. The highest BCUT2D eigenvalue weighted by molar-refractivity contribution is 6.06. The lowest BCUT2D eigenvalue weighted by Crippen LogP contribution is -2.55. The van der Waals surface area contributed by atoms with Crippen LogP contribution in [0.3, 0.4) is 0 Å². The van der Waals surface area contributed by atoms with E-state index in [-0.39, 0.29) is 17.8 Å². The number of nitrogens with two attached hydrogens (primary N) is 1. The van der Waals surface area contributed by atoms with Crippen molar-refractivity contribution in [2.75, 3.05) is 19.6 Å². The average Bonchev–Trinajstić information content (AvgIpc) is 2.48. The minimum atomic E-state index is -0.900. The number of piperidine rings is 1. The third-order valence-electron chi connectivity index (χ3n) is 4.53. The van der Waals surface area contributed by atoms with E-state index in [1.165, 1.54) is 0 Å². The van der Waals surface area contributed by atoms with Gasteiger partial charge >= 0.3 is 0 Å². The number of carbonyl (C=O) groups is 1. The predicted molar refractivity (Wildman–Crippen MR) is 79.7 cm³/mol. The van der Waals surface area contributed by atoms with Crippen molar-refractivity contribution in [2.45, 2.75) is 52.5 Å². The minimum absolute atomic E-state index is 0.00292. The van der Waals surface area contributed by atoms with Gasteiger partial charge in [-0.15, -0.1) is 0 Å². The first-order valence-corrected chi connectivity index (χ1v) is 7.55. The summed E-state index contributed by atoms with van der Waals surface area (Å²) in [4.78, 5) is 14.9. The second-order valence-corrected chi connectivity index (χ2v) is 5.48. The van der Waals surface area contributed by atoms with Gasteiger partial charge in [0, 0.05) is 12.6 Å². The van der Waals surface area contributed by atoms with Crippen molar-refractivity contribution in [3.63, 3.8) is 0 Å². The quantitative estimate of drug-likeness (QED) is 0.295. The lowest BCUT2D eigenvalue weighted by Gasteiger charge is -2.35. The maximum absolute atomic E-state index is 12.6. The lowest BCUT2D eigenvalue weighted by atomic mass is 9.79. The maximum Gasteiger partial charge on any atom is 0.234 e. The third-order valence-corrected chi connectivity index (χ3v) is 4.53. The molecule has 0 aromatic rings. The van der Waals surface area contributed by atoms with Crippen molar-refractivity contribution < 1.29 is 10.0 Å². The molecule has 0 radical (unpaired) electrons. The molecule has 116 valence electrons. The molecule has 1 fully saturated rings. The van der Waals surface area contributed by atoms with Crippen LogP contribution in [-0.2, 0) is 4.79 Å². The Morgan fingerprint density at radius 2 is 2.10 bits per heavy atom. The van der Waals surface area contributed by atoms with Crippen molar-refractivity contribution in [3.8, 4) is 0 Å². The van der Waals surface area contributed by atoms with Crippen LogP contribution in [-0.4, -0.2) is 47.5 Å². The van der Waals surface area contributed by atoms with Crippen molar-refractivity contribution in [3.05, 3.63) is 0 Å². The molecule has 6 nitrogen and oxygen atoms in total. The molecule has 1 saturated heterocycles. The lowest BCUT2D eigenvalue weighted by molar-refractivity contribution is -0.129. The van der Waals surface area contributed by atoms with E-state index in [9.17, 15) is 4.79 Å². The summed E-state index contributed by atoms with van der Waals surface area (Å²) in [6.45, 7) is 8.88. The molecule has 4 N–H and O–H groups in total. The topological polar surface area (TPSA) is 91.0 Å². The van der Waals surface area contributed by atoms with E-state index in [2.05, 4.69) is 22.3 Å². The normalized spacial score (nSPS) is 21.8. The number of hydrogen-bond acceptors (Lipinski definition) is 4. The van der Waals surface area contributed by atoms with Gasteiger partial charge in [0.25, 0.3) is 0 Å². The van der Waals surface area contributed by atoms with Crippen LogP contribution in [0.25, 0.3) is 0 Å². The Bertz CT molecular complexity index is 353. The first kappa shape index (κ1) is 16.8. The molecule has 0 bridgehead atoms. The van der Waals surface area contributed by atoms with Crippen molar-refractivity contribution in [2.24, 2.45) is 16.3 Å². The van der Waals surface area contributed by atoms with E-state index in [0.29, 0.717) is 12.8 Å². The zero-order chi connectivity index (χ0) is 15.2. The van der Waals surface area contributed by atoms with Gasteiger partial charge in [-0.05, 0) is 38.8 Å². The second-order valence-electron chi connectivity index (χ2n) is 5.48. The molecule has 1 aliphatic rings. The Labute approximate surface area is 121 Å². The molecule has 1 unspecified atom stereocenters. The van der Waals surface area contributed by atoms with Crippen LogP contribution in [0.5, 0.6) is 0 Å². The predicted octanol–water partition coefficient (Wildman–Crippen LogP) is 1.14. The fraction of sp³-hybridized carbons (Fsp3) is 0.857. The summed E-state index contributed by atoms with van der Waals surface area (Å²) in [6, 6.07) is 0.153. The highest BCUT2D eigenvalue weighted by Gasteiger charge is 2.40. The monoisotopic (exact) mass is 284 g/mol. The van der Waals surface area contributed by atoms with E-state index in [4.69, 9.17) is 10.9 Å². The number of nitrogens with zero attached hydrogens (tertiary/aromatic N) is 2. The van der Waals surface area contributed by atoms with Crippen LogP contribution in [0.4, 0.5) is 0 Å². The first-order valence-electron chi connectivity index (χ1n) is 7.55. The molecule has 0 aliphatic carbocycles. The van der Waals surface area contributed by atoms with Gasteiger partial charge in [-0.1, -0.05) is 25.9 Å². The highest BCUT2D eigenvalue weighted by Crippen LogP contribution is 2.27. The van der Waals surface area contributed by atoms with E-state index in [0.717, 1.165) is 32.5 Å². The van der Waals surface area contributed by atoms with Crippen LogP contribution in [0, 0.1) is 5.41 Å². The van der Waals surface area contributed by atoms with E-state index < -0.39 is 5.41 Å². The number of likely N-dealkylation sites (N-methyl/N-ethyl adjacent to an activating group) is 1. The number of oxime groups is 1. The van der Waals surface area contributed by atoms with Gasteiger partial charge < -0.3 is 21.2 Å². The van der Waals surface area contributed by atoms with Crippen LogP contribution >= 0.6 is 0 Å². The average molecular weight is 284 g/mol. The molecular weight excluding hydrogens is 256 g/mol. The number of nitrogens with one attached hydrogen (secondary N) is 1. The number of likely N-dealkylation sites (tertiary alicyclic amines) is 1. The summed E-state index contributed by atoms with van der Waals surface area (Å²) in [5.74, 6) is -0.121. The molecule has 1 aliphatic heterocycles. The van der Waals surface area contributed by atoms with E-state index in [1.54, 1.807) is 0 Å². The van der Waals surface area contributed by atoms with Crippen LogP contribution in [0.2, 0.25) is 0 Å². The number of rotatable bonds is 6. The second kappa shape index (κ2) is 7.47. The number of amidine groups is 1. The standard InChI is InChI=1S/C14H28N4O2/c1-4-14(5-2,12(15)17-20)13(19)16-11-8-7-9-18(6-3)10-11/h11,20H,4-10H2,1-3H3,(H2,15,17)(H,16,19). The number of amides is 1. The van der Waals surface area contributed by atoms with Gasteiger partial charge in [0.2, 0.25) is 5.91 Å². The largest absolute Gasteiger partial charge is 0.409 e. The molecule has 1 heterocycles. The maximum atomic E-state index is 12.6. The summed E-state index contributed by atoms with van der Waals surface area (Å²) in [6.07, 6.45) is 3.13. The summed E-state index contributed by atoms with van der Waals surface area (Å²) in [7, 11) is 0. The first-order chi connectivity index (χ1) is 9.53. The molecule has 20 heavy (non-hydrogen) atoms. The Hall–Kier alpha value is -1.30. The Morgan fingerprint density at radius 1 is 1.45 bits per heavy atom.